The molecule has 0 saturated carbocycles. The monoisotopic (exact) mass is 365 g/mol. The molecular weight excluding hydrogens is 344 g/mol. The molecule has 0 spiro atoms. The van der Waals surface area contributed by atoms with Crippen LogP contribution in [0.3, 0.4) is 0 Å². The summed E-state index contributed by atoms with van der Waals surface area (Å²) in [7, 11) is -10.7. The van der Waals surface area contributed by atoms with Gasteiger partial charge in [-0.3, -0.25) is 9.13 Å². The number of likely N-dealkylation sites (tertiary alicyclic amines) is 1. The van der Waals surface area contributed by atoms with Gasteiger partial charge < -0.3 is 29.6 Å². The fraction of sp³-hybridized carbons (Fsp3) is 0.538. The quantitative estimate of drug-likeness (QED) is 0.468. The number of benzene rings is 1. The zero-order valence-corrected chi connectivity index (χ0v) is 14.2. The Bertz CT molecular complexity index is 604. The Balaban J connectivity index is 2.01. The number of nitrogens with zero attached hydrogens (tertiary/aromatic N) is 1. The summed E-state index contributed by atoms with van der Waals surface area (Å²) in [5.74, 6) is 0.259. The summed E-state index contributed by atoms with van der Waals surface area (Å²) >= 11 is 0. The van der Waals surface area contributed by atoms with E-state index in [1.54, 1.807) is 0 Å². The molecule has 5 N–H and O–H groups in total. The lowest BCUT2D eigenvalue weighted by molar-refractivity contribution is 0.112. The fourth-order valence-electron chi connectivity index (χ4n) is 2.80. The normalized spacial score (nSPS) is 20.8. The molecule has 0 aliphatic carbocycles. The second-order valence-corrected chi connectivity index (χ2v) is 9.82. The summed E-state index contributed by atoms with van der Waals surface area (Å²) in [6.45, 7) is 1.25. The van der Waals surface area contributed by atoms with Gasteiger partial charge in [-0.25, -0.2) is 0 Å². The van der Waals surface area contributed by atoms with Gasteiger partial charge in [0.15, 0.2) is 0 Å². The summed E-state index contributed by atoms with van der Waals surface area (Å²) in [6.07, 6.45) is 0.150. The average molecular weight is 365 g/mol. The third-order valence-electron chi connectivity index (χ3n) is 4.24. The zero-order chi connectivity index (χ0) is 17.3. The van der Waals surface area contributed by atoms with E-state index in [1.165, 1.54) is 0 Å². The lowest BCUT2D eigenvalue weighted by Crippen LogP contribution is -2.34. The summed E-state index contributed by atoms with van der Waals surface area (Å²) in [5.41, 5.74) is 1.15. The molecule has 1 aliphatic rings. The van der Waals surface area contributed by atoms with Gasteiger partial charge in [0.1, 0.15) is 0 Å². The smallest absolute Gasteiger partial charge is 0.367 e. The van der Waals surface area contributed by atoms with Gasteiger partial charge in [0, 0.05) is 19.5 Å². The Morgan fingerprint density at radius 1 is 1.09 bits per heavy atom. The SMILES string of the molecule is O=P(O)(O)C(O)(CCN1CC[C@H](c2ccccc2)C1)P(=O)(O)O. The average Bonchev–Trinajstić information content (AvgIpc) is 2.92. The third-order valence-corrected chi connectivity index (χ3v) is 8.12. The minimum atomic E-state index is -5.37. The van der Waals surface area contributed by atoms with Gasteiger partial charge >= 0.3 is 15.2 Å². The second kappa shape index (κ2) is 6.75. The highest BCUT2D eigenvalue weighted by Gasteiger charge is 2.59. The largest absolute Gasteiger partial charge is 0.369 e. The van der Waals surface area contributed by atoms with Gasteiger partial charge in [-0.15, -0.1) is 0 Å². The van der Waals surface area contributed by atoms with Crippen molar-refractivity contribution < 1.29 is 33.8 Å². The molecule has 1 aromatic carbocycles. The lowest BCUT2D eigenvalue weighted by atomic mass is 9.99. The summed E-state index contributed by atoms with van der Waals surface area (Å²) in [4.78, 5) is 38.3. The predicted molar refractivity (Wildman–Crippen MR) is 83.9 cm³/mol. The van der Waals surface area contributed by atoms with Crippen LogP contribution >= 0.6 is 15.2 Å². The molecule has 0 amide bonds. The Morgan fingerprint density at radius 3 is 2.17 bits per heavy atom. The summed E-state index contributed by atoms with van der Waals surface area (Å²) < 4.78 is 22.6. The van der Waals surface area contributed by atoms with Crippen molar-refractivity contribution >= 4 is 15.2 Å². The van der Waals surface area contributed by atoms with Crippen molar-refractivity contribution in [2.24, 2.45) is 0 Å². The Labute approximate surface area is 134 Å². The van der Waals surface area contributed by atoms with E-state index in [2.05, 4.69) is 0 Å². The second-order valence-electron chi connectivity index (χ2n) is 5.81. The van der Waals surface area contributed by atoms with E-state index in [9.17, 15) is 14.2 Å². The first-order valence-electron chi connectivity index (χ1n) is 7.15. The molecule has 0 bridgehead atoms. The molecule has 23 heavy (non-hydrogen) atoms. The maximum Gasteiger partial charge on any atom is 0.369 e. The highest BCUT2D eigenvalue weighted by molar-refractivity contribution is 7.72. The van der Waals surface area contributed by atoms with Gasteiger partial charge in [0.05, 0.1) is 0 Å². The maximum atomic E-state index is 11.3. The maximum absolute atomic E-state index is 11.3. The Morgan fingerprint density at radius 2 is 1.65 bits per heavy atom. The van der Waals surface area contributed by atoms with Crippen molar-refractivity contribution in [3.8, 4) is 0 Å². The number of aliphatic hydroxyl groups is 1. The van der Waals surface area contributed by atoms with E-state index in [-0.39, 0.29) is 12.5 Å². The van der Waals surface area contributed by atoms with Gasteiger partial charge in [-0.2, -0.15) is 0 Å². The molecule has 8 nitrogen and oxygen atoms in total. The van der Waals surface area contributed by atoms with Crippen LogP contribution in [0, 0.1) is 0 Å². The predicted octanol–water partition coefficient (Wildman–Crippen LogP) is 0.867. The molecule has 1 saturated heterocycles. The van der Waals surface area contributed by atoms with E-state index in [1.807, 2.05) is 35.2 Å². The Kier molecular flexibility index (Phi) is 5.51. The highest BCUT2D eigenvalue weighted by Crippen LogP contribution is 2.68. The fourth-order valence-corrected chi connectivity index (χ4v) is 4.94. The third kappa shape index (κ3) is 4.10. The molecular formula is C13H21NO7P2. The van der Waals surface area contributed by atoms with Crippen molar-refractivity contribution in [2.75, 3.05) is 19.6 Å². The van der Waals surface area contributed by atoms with Gasteiger partial charge in [0.2, 0.25) is 0 Å². The zero-order valence-electron chi connectivity index (χ0n) is 12.4. The van der Waals surface area contributed by atoms with Crippen molar-refractivity contribution in [1.82, 2.24) is 4.90 Å². The number of hydrogen-bond donors (Lipinski definition) is 5. The summed E-state index contributed by atoms with van der Waals surface area (Å²) in [6, 6.07) is 9.76. The molecule has 1 aliphatic heterocycles. The van der Waals surface area contributed by atoms with Crippen LogP contribution in [-0.2, 0) is 9.13 Å². The van der Waals surface area contributed by atoms with E-state index in [0.29, 0.717) is 13.1 Å². The molecule has 1 fully saturated rings. The van der Waals surface area contributed by atoms with Crippen molar-refractivity contribution in [1.29, 1.82) is 0 Å². The van der Waals surface area contributed by atoms with Crippen LogP contribution in [0.5, 0.6) is 0 Å². The summed E-state index contributed by atoms with van der Waals surface area (Å²) in [5, 5.41) is 6.55. The minimum Gasteiger partial charge on any atom is -0.367 e. The molecule has 0 aromatic heterocycles. The molecule has 0 unspecified atom stereocenters. The van der Waals surface area contributed by atoms with E-state index < -0.39 is 26.7 Å². The van der Waals surface area contributed by atoms with Crippen LogP contribution in [0.25, 0.3) is 0 Å². The van der Waals surface area contributed by atoms with Crippen LogP contribution in [0.2, 0.25) is 0 Å². The molecule has 2 rings (SSSR count). The van der Waals surface area contributed by atoms with E-state index >= 15 is 0 Å². The molecule has 1 heterocycles. The number of rotatable bonds is 6. The van der Waals surface area contributed by atoms with Crippen molar-refractivity contribution in [3.63, 3.8) is 0 Å². The van der Waals surface area contributed by atoms with Crippen molar-refractivity contribution in [3.05, 3.63) is 35.9 Å². The van der Waals surface area contributed by atoms with Crippen LogP contribution in [0.15, 0.2) is 30.3 Å². The van der Waals surface area contributed by atoms with E-state index in [4.69, 9.17) is 19.6 Å². The molecule has 1 aromatic rings. The molecule has 130 valence electrons. The van der Waals surface area contributed by atoms with Crippen LogP contribution < -0.4 is 0 Å². The van der Waals surface area contributed by atoms with Crippen molar-refractivity contribution in [2.45, 2.75) is 23.8 Å². The lowest BCUT2D eigenvalue weighted by Gasteiger charge is -2.30. The van der Waals surface area contributed by atoms with E-state index in [0.717, 1.165) is 12.0 Å². The first-order chi connectivity index (χ1) is 10.5. The highest BCUT2D eigenvalue weighted by atomic mass is 31.2. The van der Waals surface area contributed by atoms with Crippen LogP contribution in [0.1, 0.15) is 24.3 Å². The minimum absolute atomic E-state index is 0.00392. The molecule has 1 atom stereocenters. The first-order valence-corrected chi connectivity index (χ1v) is 10.4. The van der Waals surface area contributed by atoms with Crippen LogP contribution in [0.4, 0.5) is 0 Å². The van der Waals surface area contributed by atoms with Crippen LogP contribution in [-0.4, -0.2) is 54.3 Å². The Hall–Kier alpha value is -0.560. The first kappa shape index (κ1) is 18.8. The molecule has 0 radical (unpaired) electrons. The number of hydrogen-bond acceptors (Lipinski definition) is 4. The van der Waals surface area contributed by atoms with Gasteiger partial charge in [-0.1, -0.05) is 30.3 Å². The molecule has 10 heteroatoms. The van der Waals surface area contributed by atoms with Gasteiger partial charge in [0.25, 0.3) is 5.08 Å². The van der Waals surface area contributed by atoms with Gasteiger partial charge in [-0.05, 0) is 24.4 Å². The topological polar surface area (TPSA) is 139 Å². The standard InChI is InChI=1S/C13H21NO7P2/c15-13(22(16,17)18,23(19,20)21)7-9-14-8-6-12(10-14)11-4-2-1-3-5-11/h1-5,12,15H,6-10H2,(H2,16,17,18)(H2,19,20,21)/t12-/m0/s1.